The SMILES string of the molecule is CC1(Cc2ccccc2F)C=CN=NC1N1CCN(c2ccccc2C#N)CC1. The Kier molecular flexibility index (Phi) is 5.41. The number of hydrogen-bond acceptors (Lipinski definition) is 5. The molecule has 5 nitrogen and oxygen atoms in total. The highest BCUT2D eigenvalue weighted by Crippen LogP contribution is 2.36. The number of nitrogens with zero attached hydrogens (tertiary/aromatic N) is 5. The molecule has 0 N–H and O–H groups in total. The summed E-state index contributed by atoms with van der Waals surface area (Å²) in [6.45, 7) is 5.36. The molecule has 2 unspecified atom stereocenters. The molecule has 1 saturated heterocycles. The number of azo groups is 1. The molecular weight excluding hydrogens is 365 g/mol. The Morgan fingerprint density at radius 2 is 1.83 bits per heavy atom. The van der Waals surface area contributed by atoms with Crippen molar-refractivity contribution in [1.29, 1.82) is 5.26 Å². The summed E-state index contributed by atoms with van der Waals surface area (Å²) in [7, 11) is 0. The molecule has 0 saturated carbocycles. The number of piperazine rings is 1. The van der Waals surface area contributed by atoms with Crippen LogP contribution in [0.15, 0.2) is 71.0 Å². The molecule has 2 aromatic rings. The molecule has 0 aliphatic carbocycles. The van der Waals surface area contributed by atoms with Crippen LogP contribution < -0.4 is 4.90 Å². The average Bonchev–Trinajstić information content (AvgIpc) is 2.76. The molecule has 29 heavy (non-hydrogen) atoms. The van der Waals surface area contributed by atoms with Gasteiger partial charge in [0.2, 0.25) is 0 Å². The standard InChI is InChI=1S/C23H24FN5/c1-23(16-18-6-2-4-8-20(18)24)10-11-26-27-22(23)29-14-12-28(13-15-29)21-9-5-3-7-19(21)17-25/h2-11,22H,12-16H2,1H3. The van der Waals surface area contributed by atoms with Gasteiger partial charge in [-0.15, -0.1) is 0 Å². The summed E-state index contributed by atoms with van der Waals surface area (Å²) < 4.78 is 14.3. The van der Waals surface area contributed by atoms with Crippen LogP contribution in [0.2, 0.25) is 0 Å². The number of benzene rings is 2. The largest absolute Gasteiger partial charge is 0.368 e. The van der Waals surface area contributed by atoms with E-state index in [4.69, 9.17) is 0 Å². The van der Waals surface area contributed by atoms with E-state index < -0.39 is 0 Å². The third-order valence-corrected chi connectivity index (χ3v) is 5.84. The first kappa shape index (κ1) is 19.3. The minimum atomic E-state index is -0.337. The predicted molar refractivity (Wildman–Crippen MR) is 111 cm³/mol. The first-order valence-corrected chi connectivity index (χ1v) is 9.90. The highest BCUT2D eigenvalue weighted by molar-refractivity contribution is 5.59. The number of nitriles is 1. The highest BCUT2D eigenvalue weighted by atomic mass is 19.1. The van der Waals surface area contributed by atoms with Gasteiger partial charge in [0.1, 0.15) is 18.1 Å². The summed E-state index contributed by atoms with van der Waals surface area (Å²) in [6, 6.07) is 16.9. The molecular formula is C23H24FN5. The van der Waals surface area contributed by atoms with Gasteiger partial charge < -0.3 is 4.90 Å². The summed E-state index contributed by atoms with van der Waals surface area (Å²) in [5, 5.41) is 18.1. The Labute approximate surface area is 170 Å². The van der Waals surface area contributed by atoms with Crippen LogP contribution in [0, 0.1) is 22.6 Å². The number of anilines is 1. The Bertz CT molecular complexity index is 971. The van der Waals surface area contributed by atoms with Crippen molar-refractivity contribution in [3.8, 4) is 6.07 Å². The first-order valence-electron chi connectivity index (χ1n) is 9.90. The lowest BCUT2D eigenvalue weighted by Crippen LogP contribution is -2.55. The monoisotopic (exact) mass is 389 g/mol. The van der Waals surface area contributed by atoms with E-state index in [0.717, 1.165) is 31.9 Å². The second kappa shape index (κ2) is 8.14. The molecule has 2 aromatic carbocycles. The minimum absolute atomic E-state index is 0.138. The van der Waals surface area contributed by atoms with Crippen molar-refractivity contribution in [2.24, 2.45) is 15.6 Å². The molecule has 0 spiro atoms. The van der Waals surface area contributed by atoms with Gasteiger partial charge in [0.15, 0.2) is 0 Å². The Balaban J connectivity index is 1.49. The van der Waals surface area contributed by atoms with E-state index in [9.17, 15) is 9.65 Å². The third-order valence-electron chi connectivity index (χ3n) is 5.84. The summed E-state index contributed by atoms with van der Waals surface area (Å²) in [5.74, 6) is -0.179. The van der Waals surface area contributed by atoms with Gasteiger partial charge in [-0.05, 0) is 30.2 Å². The van der Waals surface area contributed by atoms with Crippen LogP contribution in [0.1, 0.15) is 18.1 Å². The summed E-state index contributed by atoms with van der Waals surface area (Å²) in [5.41, 5.74) is 2.04. The van der Waals surface area contributed by atoms with Gasteiger partial charge in [0, 0.05) is 37.8 Å². The zero-order valence-corrected chi connectivity index (χ0v) is 16.5. The molecule has 2 heterocycles. The Morgan fingerprint density at radius 1 is 1.10 bits per heavy atom. The lowest BCUT2D eigenvalue weighted by atomic mass is 9.79. The van der Waals surface area contributed by atoms with E-state index in [0.29, 0.717) is 17.5 Å². The van der Waals surface area contributed by atoms with E-state index in [1.54, 1.807) is 12.3 Å². The second-order valence-electron chi connectivity index (χ2n) is 7.85. The fourth-order valence-corrected chi connectivity index (χ4v) is 4.27. The topological polar surface area (TPSA) is 55.0 Å². The van der Waals surface area contributed by atoms with E-state index in [-0.39, 0.29) is 17.4 Å². The van der Waals surface area contributed by atoms with Crippen LogP contribution in [0.25, 0.3) is 0 Å². The smallest absolute Gasteiger partial charge is 0.133 e. The van der Waals surface area contributed by atoms with Crippen LogP contribution in [-0.4, -0.2) is 37.2 Å². The van der Waals surface area contributed by atoms with Crippen molar-refractivity contribution in [2.75, 3.05) is 31.1 Å². The predicted octanol–water partition coefficient (Wildman–Crippen LogP) is 4.37. The molecule has 0 bridgehead atoms. The quantitative estimate of drug-likeness (QED) is 0.780. The Hall–Kier alpha value is -3.04. The fourth-order valence-electron chi connectivity index (χ4n) is 4.27. The van der Waals surface area contributed by atoms with Crippen molar-refractivity contribution in [2.45, 2.75) is 19.5 Å². The lowest BCUT2D eigenvalue weighted by molar-refractivity contribution is 0.0955. The minimum Gasteiger partial charge on any atom is -0.368 e. The highest BCUT2D eigenvalue weighted by Gasteiger charge is 2.40. The van der Waals surface area contributed by atoms with Gasteiger partial charge >= 0.3 is 0 Å². The molecule has 0 amide bonds. The number of para-hydroxylation sites is 1. The van der Waals surface area contributed by atoms with E-state index in [2.05, 4.69) is 39.1 Å². The maximum atomic E-state index is 14.3. The number of halogens is 1. The van der Waals surface area contributed by atoms with Crippen LogP contribution >= 0.6 is 0 Å². The molecule has 2 aliphatic rings. The first-order chi connectivity index (χ1) is 14.1. The summed E-state index contributed by atoms with van der Waals surface area (Å²) in [4.78, 5) is 4.57. The molecule has 0 radical (unpaired) electrons. The van der Waals surface area contributed by atoms with Gasteiger partial charge in [-0.3, -0.25) is 4.90 Å². The number of hydrogen-bond donors (Lipinski definition) is 0. The second-order valence-corrected chi connectivity index (χ2v) is 7.85. The molecule has 0 aromatic heterocycles. The normalized spacial score (nSPS) is 24.4. The van der Waals surface area contributed by atoms with Gasteiger partial charge in [-0.25, -0.2) is 4.39 Å². The summed E-state index contributed by atoms with van der Waals surface area (Å²) in [6.07, 6.45) is 4.20. The molecule has 6 heteroatoms. The van der Waals surface area contributed by atoms with E-state index in [1.807, 2.05) is 36.4 Å². The number of rotatable bonds is 4. The van der Waals surface area contributed by atoms with Crippen LogP contribution in [0.5, 0.6) is 0 Å². The maximum absolute atomic E-state index is 14.3. The van der Waals surface area contributed by atoms with Gasteiger partial charge in [0.25, 0.3) is 0 Å². The van der Waals surface area contributed by atoms with Crippen molar-refractivity contribution in [3.63, 3.8) is 0 Å². The Morgan fingerprint density at radius 3 is 2.59 bits per heavy atom. The van der Waals surface area contributed by atoms with Crippen molar-refractivity contribution >= 4 is 5.69 Å². The van der Waals surface area contributed by atoms with Gasteiger partial charge in [0.05, 0.1) is 11.3 Å². The molecule has 4 rings (SSSR count). The van der Waals surface area contributed by atoms with Crippen LogP contribution in [0.3, 0.4) is 0 Å². The zero-order chi connectivity index (χ0) is 20.3. The van der Waals surface area contributed by atoms with E-state index >= 15 is 0 Å². The molecule has 148 valence electrons. The van der Waals surface area contributed by atoms with Gasteiger partial charge in [-0.1, -0.05) is 43.3 Å². The molecule has 2 aliphatic heterocycles. The maximum Gasteiger partial charge on any atom is 0.133 e. The zero-order valence-electron chi connectivity index (χ0n) is 16.5. The van der Waals surface area contributed by atoms with Crippen LogP contribution in [-0.2, 0) is 6.42 Å². The third kappa shape index (κ3) is 3.92. The molecule has 2 atom stereocenters. The van der Waals surface area contributed by atoms with Crippen molar-refractivity contribution < 1.29 is 4.39 Å². The average molecular weight is 389 g/mol. The van der Waals surface area contributed by atoms with Crippen LogP contribution in [0.4, 0.5) is 10.1 Å². The van der Waals surface area contributed by atoms with Crippen molar-refractivity contribution in [3.05, 3.63) is 77.8 Å². The fraction of sp³-hybridized carbons (Fsp3) is 0.348. The van der Waals surface area contributed by atoms with Crippen molar-refractivity contribution in [1.82, 2.24) is 4.90 Å². The lowest BCUT2D eigenvalue weighted by Gasteiger charge is -2.45. The van der Waals surface area contributed by atoms with Gasteiger partial charge in [-0.2, -0.15) is 15.5 Å². The molecule has 1 fully saturated rings. The van der Waals surface area contributed by atoms with E-state index in [1.165, 1.54) is 6.07 Å². The summed E-state index contributed by atoms with van der Waals surface area (Å²) >= 11 is 0.